The molecule has 0 amide bonds. The first-order chi connectivity index (χ1) is 17.9. The lowest BCUT2D eigenvalue weighted by atomic mass is 10.1. The summed E-state index contributed by atoms with van der Waals surface area (Å²) in [6.45, 7) is 3.19. The minimum Gasteiger partial charge on any atom is -0.454 e. The molecule has 4 rings (SSSR count). The predicted molar refractivity (Wildman–Crippen MR) is 123 cm³/mol. The Hall–Kier alpha value is -3.51. The van der Waals surface area contributed by atoms with E-state index in [1.165, 1.54) is 24.3 Å². The summed E-state index contributed by atoms with van der Waals surface area (Å²) in [6, 6.07) is 15.6. The van der Waals surface area contributed by atoms with E-state index < -0.39 is 60.5 Å². The van der Waals surface area contributed by atoms with Crippen LogP contribution in [0.2, 0.25) is 0 Å². The van der Waals surface area contributed by atoms with E-state index in [0.717, 1.165) is 0 Å². The maximum Gasteiger partial charge on any atom is 0.382 e. The summed E-state index contributed by atoms with van der Waals surface area (Å²) in [5.74, 6) is -10.8. The molecule has 0 saturated carbocycles. The quantitative estimate of drug-likeness (QED) is 0.330. The van der Waals surface area contributed by atoms with Crippen molar-refractivity contribution in [1.29, 1.82) is 0 Å². The van der Waals surface area contributed by atoms with Gasteiger partial charge in [0.25, 0.3) is 0 Å². The van der Waals surface area contributed by atoms with Gasteiger partial charge in [0.1, 0.15) is 12.2 Å². The summed E-state index contributed by atoms with van der Waals surface area (Å²) in [6.07, 6.45) is -7.68. The van der Waals surface area contributed by atoms with E-state index in [4.69, 9.17) is 19.3 Å². The van der Waals surface area contributed by atoms with Gasteiger partial charge in [0.15, 0.2) is 6.10 Å². The molecule has 206 valence electrons. The summed E-state index contributed by atoms with van der Waals surface area (Å²) in [4.78, 5) is 34.5. The van der Waals surface area contributed by atoms with Gasteiger partial charge < -0.3 is 24.1 Å². The maximum atomic E-state index is 13.7. The standard InChI is InChI=1S/C13H14F2O4.C13H12F2O4/c2*1-2-9-10(13(14,15)12(17)18-9)19-11(16)8-6-4-3-5-7-8/h3-7,9-10,12,17H,2H2,1H3;3-7,9-10H,2H2,1H3/t9-,10?,12?;9-,10?/m11/s1. The molecule has 1 N–H and O–H groups in total. The molecule has 2 aromatic carbocycles. The van der Waals surface area contributed by atoms with Gasteiger partial charge in [-0.25, -0.2) is 14.4 Å². The normalized spacial score (nSPS) is 27.0. The minimum absolute atomic E-state index is 0.146. The zero-order valence-electron chi connectivity index (χ0n) is 20.4. The number of carbonyl (C=O) groups is 3. The molecule has 0 radical (unpaired) electrons. The van der Waals surface area contributed by atoms with Crippen molar-refractivity contribution in [2.75, 3.05) is 0 Å². The molecule has 2 aliphatic rings. The molecule has 0 aromatic heterocycles. The highest BCUT2D eigenvalue weighted by Gasteiger charge is 2.62. The van der Waals surface area contributed by atoms with Crippen molar-refractivity contribution in [2.24, 2.45) is 0 Å². The van der Waals surface area contributed by atoms with Crippen LogP contribution < -0.4 is 0 Å². The molecule has 2 saturated heterocycles. The van der Waals surface area contributed by atoms with Crippen LogP contribution in [-0.2, 0) is 23.7 Å². The van der Waals surface area contributed by atoms with Crippen molar-refractivity contribution in [2.45, 2.75) is 69.2 Å². The van der Waals surface area contributed by atoms with Crippen LogP contribution in [0.1, 0.15) is 47.4 Å². The molecule has 2 heterocycles. The summed E-state index contributed by atoms with van der Waals surface area (Å²) >= 11 is 0. The fraction of sp³-hybridized carbons (Fsp3) is 0.423. The lowest BCUT2D eigenvalue weighted by molar-refractivity contribution is -0.198. The van der Waals surface area contributed by atoms with Crippen LogP contribution >= 0.6 is 0 Å². The number of halogens is 4. The van der Waals surface area contributed by atoms with Gasteiger partial charge in [-0.2, -0.15) is 17.6 Å². The Balaban J connectivity index is 0.000000211. The first-order valence-corrected chi connectivity index (χ1v) is 11.8. The van der Waals surface area contributed by atoms with Crippen LogP contribution in [0.3, 0.4) is 0 Å². The second-order valence-electron chi connectivity index (χ2n) is 8.47. The number of hydrogen-bond acceptors (Lipinski definition) is 8. The van der Waals surface area contributed by atoms with Crippen LogP contribution in [0, 0.1) is 0 Å². The number of aliphatic hydroxyl groups is 1. The van der Waals surface area contributed by atoms with Crippen LogP contribution in [0.4, 0.5) is 17.6 Å². The van der Waals surface area contributed by atoms with Crippen molar-refractivity contribution in [3.63, 3.8) is 0 Å². The van der Waals surface area contributed by atoms with E-state index in [1.807, 2.05) is 0 Å². The third-order valence-corrected chi connectivity index (χ3v) is 5.87. The van der Waals surface area contributed by atoms with Crippen molar-refractivity contribution in [1.82, 2.24) is 0 Å². The molecular formula is C26H26F4O8. The van der Waals surface area contributed by atoms with Gasteiger partial charge in [-0.1, -0.05) is 50.2 Å². The van der Waals surface area contributed by atoms with Gasteiger partial charge in [-0.3, -0.25) is 0 Å². The zero-order chi connectivity index (χ0) is 28.1. The van der Waals surface area contributed by atoms with Crippen LogP contribution in [0.5, 0.6) is 0 Å². The molecule has 38 heavy (non-hydrogen) atoms. The molecule has 5 atom stereocenters. The molecule has 12 heteroatoms. The molecule has 3 unspecified atom stereocenters. The average Bonchev–Trinajstić information content (AvgIpc) is 3.27. The van der Waals surface area contributed by atoms with Crippen molar-refractivity contribution >= 4 is 17.9 Å². The van der Waals surface area contributed by atoms with Crippen molar-refractivity contribution in [3.8, 4) is 0 Å². The second kappa shape index (κ2) is 11.9. The fourth-order valence-corrected chi connectivity index (χ4v) is 3.77. The van der Waals surface area contributed by atoms with Gasteiger partial charge >= 0.3 is 29.8 Å². The molecule has 8 nitrogen and oxygen atoms in total. The van der Waals surface area contributed by atoms with Gasteiger partial charge in [0, 0.05) is 0 Å². The largest absolute Gasteiger partial charge is 0.454 e. The lowest BCUT2D eigenvalue weighted by Crippen LogP contribution is -2.43. The maximum absolute atomic E-state index is 13.7. The Morgan fingerprint density at radius 3 is 1.71 bits per heavy atom. The Kier molecular flexibility index (Phi) is 9.10. The first kappa shape index (κ1) is 29.1. The molecule has 0 bridgehead atoms. The van der Waals surface area contributed by atoms with Crippen LogP contribution in [-0.4, -0.2) is 65.6 Å². The number of hydrogen-bond donors (Lipinski definition) is 1. The number of cyclic esters (lactones) is 1. The zero-order valence-corrected chi connectivity index (χ0v) is 20.4. The third kappa shape index (κ3) is 6.13. The monoisotopic (exact) mass is 542 g/mol. The summed E-state index contributed by atoms with van der Waals surface area (Å²) < 4.78 is 73.2. The summed E-state index contributed by atoms with van der Waals surface area (Å²) in [7, 11) is 0. The van der Waals surface area contributed by atoms with Crippen LogP contribution in [0.15, 0.2) is 60.7 Å². The fourth-order valence-electron chi connectivity index (χ4n) is 3.77. The summed E-state index contributed by atoms with van der Waals surface area (Å²) in [5.41, 5.74) is 0.321. The molecule has 2 fully saturated rings. The second-order valence-corrected chi connectivity index (χ2v) is 8.47. The first-order valence-electron chi connectivity index (χ1n) is 11.8. The highest BCUT2D eigenvalue weighted by Crippen LogP contribution is 2.38. The minimum atomic E-state index is -3.80. The number of alkyl halides is 4. The van der Waals surface area contributed by atoms with Gasteiger partial charge in [-0.05, 0) is 37.1 Å². The lowest BCUT2D eigenvalue weighted by Gasteiger charge is -2.22. The SMILES string of the molecule is CC[C@H]1OC(=O)C(F)(F)C1OC(=O)c1ccccc1.CC[C@H]1OC(O)C(F)(F)C1OC(=O)c1ccccc1. The number of rotatable bonds is 6. The average molecular weight is 542 g/mol. The van der Waals surface area contributed by atoms with Crippen molar-refractivity contribution in [3.05, 3.63) is 71.8 Å². The van der Waals surface area contributed by atoms with Gasteiger partial charge in [0.05, 0.1) is 11.1 Å². The highest BCUT2D eigenvalue weighted by atomic mass is 19.3. The Labute approximate surface area is 215 Å². The highest BCUT2D eigenvalue weighted by molar-refractivity contribution is 5.90. The van der Waals surface area contributed by atoms with Gasteiger partial charge in [-0.15, -0.1) is 0 Å². The van der Waals surface area contributed by atoms with E-state index in [1.54, 1.807) is 50.2 Å². The number of carbonyl (C=O) groups excluding carboxylic acids is 3. The number of ether oxygens (including phenoxy) is 4. The topological polar surface area (TPSA) is 108 Å². The molecule has 0 spiro atoms. The van der Waals surface area contributed by atoms with E-state index in [9.17, 15) is 31.9 Å². The smallest absolute Gasteiger partial charge is 0.382 e. The van der Waals surface area contributed by atoms with E-state index in [0.29, 0.717) is 0 Å². The molecule has 2 aliphatic heterocycles. The molecule has 0 aliphatic carbocycles. The Morgan fingerprint density at radius 1 is 0.816 bits per heavy atom. The number of esters is 3. The summed E-state index contributed by atoms with van der Waals surface area (Å²) in [5, 5.41) is 9.15. The number of benzene rings is 2. The molecular weight excluding hydrogens is 516 g/mol. The Morgan fingerprint density at radius 2 is 1.26 bits per heavy atom. The predicted octanol–water partition coefficient (Wildman–Crippen LogP) is 4.16. The number of aliphatic hydroxyl groups excluding tert-OH is 1. The Bertz CT molecular complexity index is 1110. The van der Waals surface area contributed by atoms with E-state index in [2.05, 4.69) is 4.74 Å². The van der Waals surface area contributed by atoms with Crippen LogP contribution in [0.25, 0.3) is 0 Å². The van der Waals surface area contributed by atoms with E-state index in [-0.39, 0.29) is 24.0 Å². The van der Waals surface area contributed by atoms with E-state index >= 15 is 0 Å². The van der Waals surface area contributed by atoms with Crippen molar-refractivity contribution < 1.29 is 56.0 Å². The molecule has 2 aromatic rings. The third-order valence-electron chi connectivity index (χ3n) is 5.87. The van der Waals surface area contributed by atoms with Gasteiger partial charge in [0.2, 0.25) is 12.4 Å².